The van der Waals surface area contributed by atoms with Gasteiger partial charge in [-0.15, -0.1) is 0 Å². The van der Waals surface area contributed by atoms with Crippen LogP contribution in [-0.2, 0) is 0 Å². The maximum absolute atomic E-state index is 12.4. The lowest BCUT2D eigenvalue weighted by molar-refractivity contribution is -0.384. The SMILES string of the molecule is Cc1ccccc1C(=O)Nc1ccc(NC(=S)NC(=O)c2cccc([N+](=O)[O-])c2)cc1. The average Bonchev–Trinajstić information content (AvgIpc) is 2.75. The van der Waals surface area contributed by atoms with Gasteiger partial charge in [-0.1, -0.05) is 24.3 Å². The van der Waals surface area contributed by atoms with Crippen LogP contribution in [0.1, 0.15) is 26.3 Å². The molecule has 0 aromatic heterocycles. The molecular weight excluding hydrogens is 416 g/mol. The van der Waals surface area contributed by atoms with Crippen LogP contribution < -0.4 is 16.0 Å². The zero-order valence-electron chi connectivity index (χ0n) is 16.4. The number of carbonyl (C=O) groups is 2. The number of amides is 2. The average molecular weight is 434 g/mol. The van der Waals surface area contributed by atoms with Crippen molar-refractivity contribution >= 4 is 46.2 Å². The van der Waals surface area contributed by atoms with Crippen molar-refractivity contribution in [3.63, 3.8) is 0 Å². The van der Waals surface area contributed by atoms with E-state index in [-0.39, 0.29) is 22.3 Å². The van der Waals surface area contributed by atoms with Gasteiger partial charge in [0.05, 0.1) is 4.92 Å². The molecule has 156 valence electrons. The predicted octanol–water partition coefficient (Wildman–Crippen LogP) is 4.28. The number of carbonyl (C=O) groups excluding carboxylic acids is 2. The number of nitrogens with one attached hydrogen (secondary N) is 3. The topological polar surface area (TPSA) is 113 Å². The van der Waals surface area contributed by atoms with Crippen LogP contribution in [0.2, 0.25) is 0 Å². The Balaban J connectivity index is 1.58. The number of nitro benzene ring substituents is 1. The van der Waals surface area contributed by atoms with E-state index in [0.29, 0.717) is 16.9 Å². The molecule has 0 bridgehead atoms. The van der Waals surface area contributed by atoms with Gasteiger partial charge >= 0.3 is 0 Å². The fraction of sp³-hybridized carbons (Fsp3) is 0.0455. The second kappa shape index (κ2) is 9.59. The Labute approximate surface area is 183 Å². The number of rotatable bonds is 5. The van der Waals surface area contributed by atoms with Crippen LogP contribution in [0.15, 0.2) is 72.8 Å². The Morgan fingerprint density at radius 2 is 1.52 bits per heavy atom. The molecule has 0 aliphatic heterocycles. The van der Waals surface area contributed by atoms with E-state index in [2.05, 4.69) is 16.0 Å². The molecule has 9 heteroatoms. The quantitative estimate of drug-likeness (QED) is 0.314. The summed E-state index contributed by atoms with van der Waals surface area (Å²) in [7, 11) is 0. The number of benzene rings is 3. The molecule has 0 saturated heterocycles. The van der Waals surface area contributed by atoms with E-state index in [0.717, 1.165) is 5.56 Å². The molecule has 0 radical (unpaired) electrons. The largest absolute Gasteiger partial charge is 0.332 e. The number of nitrogens with zero attached hydrogens (tertiary/aromatic N) is 1. The molecule has 3 rings (SSSR count). The molecule has 0 atom stereocenters. The first kappa shape index (κ1) is 21.6. The van der Waals surface area contributed by atoms with Gasteiger partial charge in [-0.05, 0) is 61.1 Å². The van der Waals surface area contributed by atoms with Gasteiger partial charge < -0.3 is 10.6 Å². The third kappa shape index (κ3) is 5.71. The summed E-state index contributed by atoms with van der Waals surface area (Å²) in [5.41, 5.74) is 2.60. The Hall–Kier alpha value is -4.11. The van der Waals surface area contributed by atoms with Crippen LogP contribution in [0.5, 0.6) is 0 Å². The highest BCUT2D eigenvalue weighted by atomic mass is 32.1. The fourth-order valence-electron chi connectivity index (χ4n) is 2.76. The summed E-state index contributed by atoms with van der Waals surface area (Å²) in [4.78, 5) is 34.9. The molecule has 3 N–H and O–H groups in total. The maximum Gasteiger partial charge on any atom is 0.270 e. The lowest BCUT2D eigenvalue weighted by Gasteiger charge is -2.11. The normalized spacial score (nSPS) is 10.1. The fourth-order valence-corrected chi connectivity index (χ4v) is 2.97. The number of aryl methyl sites for hydroxylation is 1. The molecule has 0 aliphatic carbocycles. The van der Waals surface area contributed by atoms with E-state index in [9.17, 15) is 19.7 Å². The van der Waals surface area contributed by atoms with E-state index in [4.69, 9.17) is 12.2 Å². The number of hydrogen-bond acceptors (Lipinski definition) is 5. The van der Waals surface area contributed by atoms with Crippen molar-refractivity contribution in [2.75, 3.05) is 10.6 Å². The van der Waals surface area contributed by atoms with Crippen LogP contribution in [0.25, 0.3) is 0 Å². The molecule has 0 fully saturated rings. The van der Waals surface area contributed by atoms with Gasteiger partial charge in [0.1, 0.15) is 0 Å². The van der Waals surface area contributed by atoms with Crippen molar-refractivity contribution in [3.05, 3.63) is 99.6 Å². The number of non-ortho nitro benzene ring substituents is 1. The highest BCUT2D eigenvalue weighted by molar-refractivity contribution is 7.80. The van der Waals surface area contributed by atoms with Gasteiger partial charge in [0.2, 0.25) is 0 Å². The minimum atomic E-state index is -0.577. The molecule has 0 aliphatic rings. The number of anilines is 2. The smallest absolute Gasteiger partial charge is 0.270 e. The summed E-state index contributed by atoms with van der Waals surface area (Å²) in [5.74, 6) is -0.776. The van der Waals surface area contributed by atoms with Crippen LogP contribution in [0, 0.1) is 17.0 Å². The summed E-state index contributed by atoms with van der Waals surface area (Å²) in [6.07, 6.45) is 0. The molecule has 31 heavy (non-hydrogen) atoms. The summed E-state index contributed by atoms with van der Waals surface area (Å²) in [6, 6.07) is 19.4. The van der Waals surface area contributed by atoms with Gasteiger partial charge in [-0.25, -0.2) is 0 Å². The Kier molecular flexibility index (Phi) is 6.68. The van der Waals surface area contributed by atoms with Gasteiger partial charge in [0.25, 0.3) is 17.5 Å². The maximum atomic E-state index is 12.4. The molecule has 0 saturated carbocycles. The lowest BCUT2D eigenvalue weighted by atomic mass is 10.1. The van der Waals surface area contributed by atoms with E-state index < -0.39 is 10.8 Å². The number of thiocarbonyl (C=S) groups is 1. The van der Waals surface area contributed by atoms with Gasteiger partial charge in [0.15, 0.2) is 5.11 Å². The monoisotopic (exact) mass is 434 g/mol. The van der Waals surface area contributed by atoms with E-state index in [1.165, 1.54) is 24.3 Å². The number of nitro groups is 1. The highest BCUT2D eigenvalue weighted by Crippen LogP contribution is 2.16. The molecule has 2 amide bonds. The molecule has 3 aromatic carbocycles. The molecule has 8 nitrogen and oxygen atoms in total. The van der Waals surface area contributed by atoms with E-state index >= 15 is 0 Å². The van der Waals surface area contributed by atoms with Crippen LogP contribution in [0.3, 0.4) is 0 Å². The third-order valence-electron chi connectivity index (χ3n) is 4.34. The first-order valence-corrected chi connectivity index (χ1v) is 9.58. The number of hydrogen-bond donors (Lipinski definition) is 3. The van der Waals surface area contributed by atoms with E-state index in [1.54, 1.807) is 36.4 Å². The first-order valence-electron chi connectivity index (χ1n) is 9.17. The molecule has 3 aromatic rings. The lowest BCUT2D eigenvalue weighted by Crippen LogP contribution is -2.34. The van der Waals surface area contributed by atoms with Crippen LogP contribution in [-0.4, -0.2) is 21.9 Å². The van der Waals surface area contributed by atoms with Crippen molar-refractivity contribution < 1.29 is 14.5 Å². The second-order valence-corrected chi connectivity index (χ2v) is 6.97. The minimum Gasteiger partial charge on any atom is -0.332 e. The highest BCUT2D eigenvalue weighted by Gasteiger charge is 2.13. The zero-order chi connectivity index (χ0) is 22.4. The zero-order valence-corrected chi connectivity index (χ0v) is 17.2. The van der Waals surface area contributed by atoms with Gasteiger partial charge in [0, 0.05) is 34.6 Å². The molecular formula is C22H18N4O4S. The Morgan fingerprint density at radius 1 is 0.871 bits per heavy atom. The minimum absolute atomic E-state index is 0.0354. The van der Waals surface area contributed by atoms with Crippen molar-refractivity contribution in [1.82, 2.24) is 5.32 Å². The third-order valence-corrected chi connectivity index (χ3v) is 4.54. The van der Waals surface area contributed by atoms with Crippen molar-refractivity contribution in [1.29, 1.82) is 0 Å². The summed E-state index contributed by atoms with van der Waals surface area (Å²) >= 11 is 5.13. The Bertz CT molecular complexity index is 1160. The van der Waals surface area contributed by atoms with Crippen LogP contribution >= 0.6 is 12.2 Å². The van der Waals surface area contributed by atoms with Crippen molar-refractivity contribution in [3.8, 4) is 0 Å². The van der Waals surface area contributed by atoms with Gasteiger partial charge in [-0.2, -0.15) is 0 Å². The molecule has 0 heterocycles. The summed E-state index contributed by atoms with van der Waals surface area (Å²) in [5, 5.41) is 19.0. The van der Waals surface area contributed by atoms with Crippen molar-refractivity contribution in [2.24, 2.45) is 0 Å². The summed E-state index contributed by atoms with van der Waals surface area (Å²) in [6.45, 7) is 1.87. The first-order chi connectivity index (χ1) is 14.8. The second-order valence-electron chi connectivity index (χ2n) is 6.56. The predicted molar refractivity (Wildman–Crippen MR) is 122 cm³/mol. The van der Waals surface area contributed by atoms with E-state index in [1.807, 2.05) is 19.1 Å². The Morgan fingerprint density at radius 3 is 2.16 bits per heavy atom. The standard InChI is InChI=1S/C22H18N4O4S/c1-14-5-2-3-8-19(14)21(28)23-16-9-11-17(12-10-16)24-22(31)25-20(27)15-6-4-7-18(13-15)26(29)30/h2-13H,1H3,(H,23,28)(H2,24,25,27,31). The van der Waals surface area contributed by atoms with Crippen molar-refractivity contribution in [2.45, 2.75) is 6.92 Å². The van der Waals surface area contributed by atoms with Crippen LogP contribution in [0.4, 0.5) is 17.1 Å². The van der Waals surface area contributed by atoms with Gasteiger partial charge in [-0.3, -0.25) is 25.0 Å². The summed E-state index contributed by atoms with van der Waals surface area (Å²) < 4.78 is 0. The molecule has 0 unspecified atom stereocenters. The molecule has 0 spiro atoms.